The number of halogens is 1. The van der Waals surface area contributed by atoms with Gasteiger partial charge in [-0.2, -0.15) is 0 Å². The summed E-state index contributed by atoms with van der Waals surface area (Å²) in [7, 11) is 1.21. The molecule has 0 radical (unpaired) electrons. The molecule has 0 bridgehead atoms. The fraction of sp³-hybridized carbons (Fsp3) is 0.286. The molecular formula is C7H7FN2O2. The van der Waals surface area contributed by atoms with Gasteiger partial charge < -0.3 is 4.74 Å². The number of carbonyl (C=O) groups is 1. The van der Waals surface area contributed by atoms with Crippen molar-refractivity contribution in [3.05, 3.63) is 23.5 Å². The predicted octanol–water partition coefficient (Wildman–Crippen LogP) is 0.711. The average Bonchev–Trinajstić information content (AvgIpc) is 2.08. The molecule has 1 aromatic heterocycles. The van der Waals surface area contributed by atoms with Crippen molar-refractivity contribution in [1.82, 2.24) is 9.97 Å². The van der Waals surface area contributed by atoms with E-state index in [0.717, 1.165) is 6.20 Å². The molecule has 0 fully saturated rings. The minimum absolute atomic E-state index is 0.128. The quantitative estimate of drug-likeness (QED) is 0.582. The molecule has 0 atom stereocenters. The second-order valence-corrected chi connectivity index (χ2v) is 2.12. The molecule has 5 heteroatoms. The van der Waals surface area contributed by atoms with Crippen LogP contribution in [0.3, 0.4) is 0 Å². The van der Waals surface area contributed by atoms with Crippen LogP contribution < -0.4 is 0 Å². The van der Waals surface area contributed by atoms with E-state index < -0.39 is 11.8 Å². The Morgan fingerprint density at radius 2 is 2.33 bits per heavy atom. The van der Waals surface area contributed by atoms with Gasteiger partial charge >= 0.3 is 5.97 Å². The topological polar surface area (TPSA) is 52.1 Å². The first kappa shape index (κ1) is 8.58. The number of ether oxygens (including phenoxy) is 1. The Bertz CT molecular complexity index is 314. The van der Waals surface area contributed by atoms with Gasteiger partial charge in [0.25, 0.3) is 0 Å². The summed E-state index contributed by atoms with van der Waals surface area (Å²) in [4.78, 5) is 17.8. The lowest BCUT2D eigenvalue weighted by Gasteiger charge is -1.98. The van der Waals surface area contributed by atoms with Gasteiger partial charge in [-0.25, -0.2) is 19.2 Å². The van der Waals surface area contributed by atoms with E-state index in [1.165, 1.54) is 14.0 Å². The fourth-order valence-corrected chi connectivity index (χ4v) is 0.642. The summed E-state index contributed by atoms with van der Waals surface area (Å²) in [5.41, 5.74) is 0.130. The van der Waals surface area contributed by atoms with E-state index in [-0.39, 0.29) is 11.5 Å². The first-order chi connectivity index (χ1) is 5.65. The number of carbonyl (C=O) groups excluding carboxylic acids is 1. The first-order valence-electron chi connectivity index (χ1n) is 3.22. The van der Waals surface area contributed by atoms with E-state index in [1.54, 1.807) is 0 Å². The highest BCUT2D eigenvalue weighted by Crippen LogP contribution is 2.01. The summed E-state index contributed by atoms with van der Waals surface area (Å²) >= 11 is 0. The molecule has 1 rings (SSSR count). The standard InChI is InChI=1S/C7H7FN2O2/c1-4-5(8)3-9-6(10-4)7(11)12-2/h3H,1-2H3. The van der Waals surface area contributed by atoms with Crippen molar-refractivity contribution >= 4 is 5.97 Å². The monoisotopic (exact) mass is 170 g/mol. The Hall–Kier alpha value is -1.52. The lowest BCUT2D eigenvalue weighted by Crippen LogP contribution is -2.08. The third kappa shape index (κ3) is 1.55. The van der Waals surface area contributed by atoms with Crippen molar-refractivity contribution < 1.29 is 13.9 Å². The van der Waals surface area contributed by atoms with Crippen LogP contribution in [0.25, 0.3) is 0 Å². The van der Waals surface area contributed by atoms with Crippen LogP contribution in [0, 0.1) is 12.7 Å². The van der Waals surface area contributed by atoms with Crippen LogP contribution in [0.4, 0.5) is 4.39 Å². The predicted molar refractivity (Wildman–Crippen MR) is 38.1 cm³/mol. The van der Waals surface area contributed by atoms with E-state index >= 15 is 0 Å². The number of aromatic nitrogens is 2. The van der Waals surface area contributed by atoms with Gasteiger partial charge in [-0.3, -0.25) is 0 Å². The second-order valence-electron chi connectivity index (χ2n) is 2.12. The Balaban J connectivity index is 3.05. The molecule has 0 aliphatic carbocycles. The van der Waals surface area contributed by atoms with Gasteiger partial charge in [0.15, 0.2) is 5.82 Å². The van der Waals surface area contributed by atoms with Gasteiger partial charge in [-0.1, -0.05) is 0 Å². The molecule has 0 amide bonds. The van der Waals surface area contributed by atoms with Crippen LogP contribution in [0.1, 0.15) is 16.3 Å². The van der Waals surface area contributed by atoms with Crippen LogP contribution in [-0.2, 0) is 4.74 Å². The molecule has 1 heterocycles. The molecule has 4 nitrogen and oxygen atoms in total. The van der Waals surface area contributed by atoms with Gasteiger partial charge in [0, 0.05) is 0 Å². The number of methoxy groups -OCH3 is 1. The summed E-state index contributed by atoms with van der Waals surface area (Å²) in [6, 6.07) is 0. The molecule has 0 spiro atoms. The Morgan fingerprint density at radius 1 is 1.67 bits per heavy atom. The molecular weight excluding hydrogens is 163 g/mol. The van der Waals surface area contributed by atoms with Gasteiger partial charge in [0.1, 0.15) is 0 Å². The van der Waals surface area contributed by atoms with Crippen molar-refractivity contribution in [1.29, 1.82) is 0 Å². The first-order valence-corrected chi connectivity index (χ1v) is 3.22. The van der Waals surface area contributed by atoms with Crippen molar-refractivity contribution in [2.75, 3.05) is 7.11 Å². The molecule has 0 saturated heterocycles. The molecule has 0 aliphatic heterocycles. The van der Waals surface area contributed by atoms with Crippen LogP contribution in [0.5, 0.6) is 0 Å². The zero-order valence-electron chi connectivity index (χ0n) is 6.67. The highest BCUT2D eigenvalue weighted by molar-refractivity contribution is 5.84. The summed E-state index contributed by atoms with van der Waals surface area (Å²) in [5, 5.41) is 0. The van der Waals surface area contributed by atoms with E-state index in [1.807, 2.05) is 0 Å². The smallest absolute Gasteiger partial charge is 0.376 e. The van der Waals surface area contributed by atoms with Gasteiger partial charge in [-0.05, 0) is 6.92 Å². The van der Waals surface area contributed by atoms with Crippen molar-refractivity contribution in [2.45, 2.75) is 6.92 Å². The maximum Gasteiger partial charge on any atom is 0.376 e. The Morgan fingerprint density at radius 3 is 2.83 bits per heavy atom. The molecule has 0 saturated carbocycles. The van der Waals surface area contributed by atoms with E-state index in [0.29, 0.717) is 0 Å². The minimum atomic E-state index is -0.668. The summed E-state index contributed by atoms with van der Waals surface area (Å²) in [6.07, 6.45) is 0.939. The molecule has 0 unspecified atom stereocenters. The number of hydrogen-bond acceptors (Lipinski definition) is 4. The summed E-state index contributed by atoms with van der Waals surface area (Å²) < 4.78 is 16.9. The van der Waals surface area contributed by atoms with Gasteiger partial charge in [0.2, 0.25) is 5.82 Å². The molecule has 12 heavy (non-hydrogen) atoms. The van der Waals surface area contributed by atoms with Crippen molar-refractivity contribution in [3.8, 4) is 0 Å². The highest BCUT2D eigenvalue weighted by atomic mass is 19.1. The molecule has 64 valence electrons. The maximum absolute atomic E-state index is 12.6. The zero-order valence-corrected chi connectivity index (χ0v) is 6.67. The van der Waals surface area contributed by atoms with E-state index in [2.05, 4.69) is 14.7 Å². The van der Waals surface area contributed by atoms with Crippen LogP contribution in [0.2, 0.25) is 0 Å². The zero-order chi connectivity index (χ0) is 9.14. The van der Waals surface area contributed by atoms with Gasteiger partial charge in [-0.15, -0.1) is 0 Å². The third-order valence-electron chi connectivity index (χ3n) is 1.29. The maximum atomic E-state index is 12.6. The molecule has 0 aromatic carbocycles. The molecule has 1 aromatic rings. The fourth-order valence-electron chi connectivity index (χ4n) is 0.642. The molecule has 0 N–H and O–H groups in total. The minimum Gasteiger partial charge on any atom is -0.463 e. The number of esters is 1. The number of nitrogens with zero attached hydrogens (tertiary/aromatic N) is 2. The number of hydrogen-bond donors (Lipinski definition) is 0. The second kappa shape index (κ2) is 3.25. The lowest BCUT2D eigenvalue weighted by atomic mass is 10.4. The van der Waals surface area contributed by atoms with Crippen LogP contribution in [-0.4, -0.2) is 23.0 Å². The van der Waals surface area contributed by atoms with Crippen molar-refractivity contribution in [2.24, 2.45) is 0 Å². The Kier molecular flexibility index (Phi) is 2.32. The van der Waals surface area contributed by atoms with Crippen LogP contribution >= 0.6 is 0 Å². The normalized spacial score (nSPS) is 9.58. The van der Waals surface area contributed by atoms with Crippen LogP contribution in [0.15, 0.2) is 6.20 Å². The lowest BCUT2D eigenvalue weighted by molar-refractivity contribution is 0.0586. The largest absolute Gasteiger partial charge is 0.463 e. The average molecular weight is 170 g/mol. The van der Waals surface area contributed by atoms with Gasteiger partial charge in [0.05, 0.1) is 19.0 Å². The summed E-state index contributed by atoms with van der Waals surface area (Å²) in [5.74, 6) is -1.34. The number of aryl methyl sites for hydroxylation is 1. The molecule has 0 aliphatic rings. The SMILES string of the molecule is COC(=O)c1ncc(F)c(C)n1. The Labute approximate surface area is 68.4 Å². The summed E-state index contributed by atoms with van der Waals surface area (Å²) in [6.45, 7) is 1.45. The highest BCUT2D eigenvalue weighted by Gasteiger charge is 2.10. The number of rotatable bonds is 1. The van der Waals surface area contributed by atoms with E-state index in [4.69, 9.17) is 0 Å². The van der Waals surface area contributed by atoms with E-state index in [9.17, 15) is 9.18 Å². The van der Waals surface area contributed by atoms with Crippen molar-refractivity contribution in [3.63, 3.8) is 0 Å². The third-order valence-corrected chi connectivity index (χ3v) is 1.29.